The Balaban J connectivity index is 1.28. The van der Waals surface area contributed by atoms with Crippen molar-refractivity contribution < 1.29 is 9.59 Å². The number of hydrogen-bond donors (Lipinski definition) is 3. The number of hydrogen-bond acceptors (Lipinski definition) is 4. The molecule has 0 unspecified atom stereocenters. The average Bonchev–Trinajstić information content (AvgIpc) is 2.83. The minimum absolute atomic E-state index is 0.131. The minimum Gasteiger partial charge on any atom is -0.349 e. The van der Waals surface area contributed by atoms with Gasteiger partial charge in [0.2, 0.25) is 0 Å². The van der Waals surface area contributed by atoms with Crippen LogP contribution in [0.4, 0.5) is 5.69 Å². The first kappa shape index (κ1) is 23.7. The van der Waals surface area contributed by atoms with Crippen LogP contribution in [0.2, 0.25) is 5.02 Å². The Kier molecular flexibility index (Phi) is 7.99. The van der Waals surface area contributed by atoms with E-state index in [1.807, 2.05) is 0 Å². The molecule has 4 N–H and O–H groups in total. The molecule has 1 aromatic heterocycles. The van der Waals surface area contributed by atoms with Gasteiger partial charge in [0.05, 0.1) is 16.3 Å². The summed E-state index contributed by atoms with van der Waals surface area (Å²) in [5.74, 6) is 1.15. The zero-order chi connectivity index (χ0) is 23.2. The Labute approximate surface area is 200 Å². The van der Waals surface area contributed by atoms with E-state index in [-0.39, 0.29) is 17.9 Å². The molecule has 4 rings (SSSR count). The van der Waals surface area contributed by atoms with Crippen LogP contribution < -0.4 is 16.4 Å². The second-order valence-electron chi connectivity index (χ2n) is 9.60. The van der Waals surface area contributed by atoms with E-state index in [0.29, 0.717) is 27.9 Å². The van der Waals surface area contributed by atoms with Crippen LogP contribution in [0.15, 0.2) is 42.7 Å². The highest BCUT2D eigenvalue weighted by Crippen LogP contribution is 2.35. The summed E-state index contributed by atoms with van der Waals surface area (Å²) >= 11 is 6.26. The molecule has 0 radical (unpaired) electrons. The Morgan fingerprint density at radius 3 is 2.30 bits per heavy atom. The second-order valence-corrected chi connectivity index (χ2v) is 10.0. The quantitative estimate of drug-likeness (QED) is 0.543. The summed E-state index contributed by atoms with van der Waals surface area (Å²) in [6.07, 6.45) is 13.6. The molecule has 1 heterocycles. The van der Waals surface area contributed by atoms with Gasteiger partial charge in [0.1, 0.15) is 0 Å². The molecule has 1 aromatic carbocycles. The maximum atomic E-state index is 12.9. The molecule has 0 saturated heterocycles. The summed E-state index contributed by atoms with van der Waals surface area (Å²) in [6.45, 7) is 0. The van der Waals surface area contributed by atoms with Gasteiger partial charge in [-0.15, -0.1) is 0 Å². The number of nitrogens with two attached hydrogens (primary N) is 1. The number of amides is 2. The maximum Gasteiger partial charge on any atom is 0.257 e. The number of rotatable bonds is 6. The lowest BCUT2D eigenvalue weighted by atomic mass is 9.76. The van der Waals surface area contributed by atoms with Crippen molar-refractivity contribution in [1.29, 1.82) is 0 Å². The van der Waals surface area contributed by atoms with Crippen molar-refractivity contribution in [2.45, 2.75) is 69.9 Å². The smallest absolute Gasteiger partial charge is 0.257 e. The number of nitrogens with one attached hydrogen (secondary N) is 2. The van der Waals surface area contributed by atoms with E-state index in [0.717, 1.165) is 24.7 Å². The molecule has 2 aliphatic carbocycles. The van der Waals surface area contributed by atoms with Crippen molar-refractivity contribution in [3.05, 3.63) is 58.9 Å². The monoisotopic (exact) mass is 468 g/mol. The molecular weight excluding hydrogens is 436 g/mol. The number of halogens is 1. The highest BCUT2D eigenvalue weighted by Gasteiger charge is 2.27. The van der Waals surface area contributed by atoms with E-state index in [2.05, 4.69) is 15.6 Å². The van der Waals surface area contributed by atoms with Crippen LogP contribution in [0.5, 0.6) is 0 Å². The van der Waals surface area contributed by atoms with Crippen LogP contribution in [0, 0.1) is 11.8 Å². The normalized spacial score (nSPS) is 25.3. The Bertz CT molecular complexity index is 952. The number of aromatic nitrogens is 1. The van der Waals surface area contributed by atoms with Crippen LogP contribution in [0.25, 0.3) is 0 Å². The van der Waals surface area contributed by atoms with Crippen molar-refractivity contribution in [2.24, 2.45) is 17.6 Å². The van der Waals surface area contributed by atoms with Crippen LogP contribution in [-0.4, -0.2) is 28.9 Å². The van der Waals surface area contributed by atoms with Crippen molar-refractivity contribution in [3.8, 4) is 0 Å². The van der Waals surface area contributed by atoms with Gasteiger partial charge in [0, 0.05) is 30.0 Å². The number of benzene rings is 1. The molecule has 2 aromatic rings. The van der Waals surface area contributed by atoms with Crippen molar-refractivity contribution >= 4 is 29.1 Å². The molecule has 0 spiro atoms. The van der Waals surface area contributed by atoms with E-state index in [4.69, 9.17) is 17.3 Å². The van der Waals surface area contributed by atoms with Crippen LogP contribution in [0.3, 0.4) is 0 Å². The molecule has 0 atom stereocenters. The largest absolute Gasteiger partial charge is 0.349 e. The van der Waals surface area contributed by atoms with Crippen molar-refractivity contribution in [1.82, 2.24) is 10.3 Å². The lowest BCUT2D eigenvalue weighted by Crippen LogP contribution is -2.38. The predicted molar refractivity (Wildman–Crippen MR) is 131 cm³/mol. The molecule has 6 nitrogen and oxygen atoms in total. The number of carbonyl (C=O) groups is 2. The zero-order valence-corrected chi connectivity index (χ0v) is 19.7. The van der Waals surface area contributed by atoms with Crippen LogP contribution in [-0.2, 0) is 0 Å². The fourth-order valence-corrected chi connectivity index (χ4v) is 5.33. The summed E-state index contributed by atoms with van der Waals surface area (Å²) in [4.78, 5) is 29.3. The van der Waals surface area contributed by atoms with Crippen molar-refractivity contribution in [3.63, 3.8) is 0 Å². The van der Waals surface area contributed by atoms with Gasteiger partial charge in [-0.25, -0.2) is 0 Å². The SMILES string of the molecule is NC1CCC(CC2CCC(NC(=O)c3ccc(Cl)c(NC(=O)c4cccnc4)c3)CC2)CC1. The Morgan fingerprint density at radius 2 is 1.64 bits per heavy atom. The van der Waals surface area contributed by atoms with E-state index >= 15 is 0 Å². The Morgan fingerprint density at radius 1 is 0.939 bits per heavy atom. The van der Waals surface area contributed by atoms with E-state index in [1.165, 1.54) is 51.1 Å². The molecule has 7 heteroatoms. The molecule has 2 saturated carbocycles. The minimum atomic E-state index is -0.319. The van der Waals surface area contributed by atoms with Gasteiger partial charge < -0.3 is 16.4 Å². The van der Waals surface area contributed by atoms with Gasteiger partial charge in [-0.1, -0.05) is 11.6 Å². The summed E-state index contributed by atoms with van der Waals surface area (Å²) in [7, 11) is 0. The lowest BCUT2D eigenvalue weighted by molar-refractivity contribution is 0.0917. The predicted octanol–water partition coefficient (Wildman–Crippen LogP) is 5.18. The molecule has 33 heavy (non-hydrogen) atoms. The first-order chi connectivity index (χ1) is 16.0. The number of carbonyl (C=O) groups excluding carboxylic acids is 2. The molecule has 2 amide bonds. The van der Waals surface area contributed by atoms with Gasteiger partial charge in [-0.2, -0.15) is 0 Å². The van der Waals surface area contributed by atoms with Gasteiger partial charge in [-0.3, -0.25) is 14.6 Å². The highest BCUT2D eigenvalue weighted by molar-refractivity contribution is 6.34. The third kappa shape index (κ3) is 6.55. The second kappa shape index (κ2) is 11.1. The number of pyridine rings is 1. The summed E-state index contributed by atoms with van der Waals surface area (Å²) in [5, 5.41) is 6.33. The van der Waals surface area contributed by atoms with Gasteiger partial charge >= 0.3 is 0 Å². The third-order valence-electron chi connectivity index (χ3n) is 7.14. The molecule has 0 aliphatic heterocycles. The molecule has 0 bridgehead atoms. The molecular formula is C26H33ClN4O2. The lowest BCUT2D eigenvalue weighted by Gasteiger charge is -2.33. The first-order valence-corrected chi connectivity index (χ1v) is 12.4. The molecule has 176 valence electrons. The summed E-state index contributed by atoms with van der Waals surface area (Å²) in [6, 6.07) is 8.93. The van der Waals surface area contributed by atoms with E-state index in [9.17, 15) is 9.59 Å². The van der Waals surface area contributed by atoms with Gasteiger partial charge in [0.15, 0.2) is 0 Å². The zero-order valence-electron chi connectivity index (χ0n) is 18.9. The maximum absolute atomic E-state index is 12.9. The molecule has 2 fully saturated rings. The first-order valence-electron chi connectivity index (χ1n) is 12.1. The Hall–Kier alpha value is -2.44. The van der Waals surface area contributed by atoms with Crippen molar-refractivity contribution in [2.75, 3.05) is 5.32 Å². The fraction of sp³-hybridized carbons (Fsp3) is 0.500. The van der Waals surface area contributed by atoms with Crippen LogP contribution in [0.1, 0.15) is 78.5 Å². The summed E-state index contributed by atoms with van der Waals surface area (Å²) in [5.41, 5.74) is 7.37. The van der Waals surface area contributed by atoms with Gasteiger partial charge in [-0.05, 0) is 100.0 Å². The fourth-order valence-electron chi connectivity index (χ4n) is 5.16. The van der Waals surface area contributed by atoms with Crippen LogP contribution >= 0.6 is 11.6 Å². The van der Waals surface area contributed by atoms with Gasteiger partial charge in [0.25, 0.3) is 11.8 Å². The number of nitrogens with zero attached hydrogens (tertiary/aromatic N) is 1. The highest BCUT2D eigenvalue weighted by atomic mass is 35.5. The third-order valence-corrected chi connectivity index (χ3v) is 7.47. The molecule has 2 aliphatic rings. The average molecular weight is 469 g/mol. The topological polar surface area (TPSA) is 97.1 Å². The van der Waals surface area contributed by atoms with E-state index < -0.39 is 0 Å². The summed E-state index contributed by atoms with van der Waals surface area (Å²) < 4.78 is 0. The van der Waals surface area contributed by atoms with E-state index in [1.54, 1.807) is 36.5 Å². The standard InChI is InChI=1S/C26H33ClN4O2/c27-23-12-7-19(15-24(23)31-26(33)20-2-1-13-29-16-20)25(32)30-22-10-5-18(6-11-22)14-17-3-8-21(28)9-4-17/h1-2,7,12-13,15-18,21-22H,3-6,8-11,14,28H2,(H,30,32)(H,31,33). The number of anilines is 1.